The van der Waals surface area contributed by atoms with E-state index in [0.29, 0.717) is 0 Å². The number of alkyl halides is 1. The van der Waals surface area contributed by atoms with Gasteiger partial charge in [-0.3, -0.25) is 0 Å². The van der Waals surface area contributed by atoms with Gasteiger partial charge in [0, 0.05) is 11.9 Å². The molecule has 0 rings (SSSR count). The lowest BCUT2D eigenvalue weighted by Crippen LogP contribution is -2.34. The van der Waals surface area contributed by atoms with Crippen molar-refractivity contribution >= 4 is 11.6 Å². The van der Waals surface area contributed by atoms with Gasteiger partial charge in [-0.15, -0.1) is 11.6 Å². The van der Waals surface area contributed by atoms with Crippen LogP contribution in [0.4, 0.5) is 0 Å². The Morgan fingerprint density at radius 3 is 2.21 bits per heavy atom. The highest BCUT2D eigenvalue weighted by atomic mass is 35.5. The lowest BCUT2D eigenvalue weighted by atomic mass is 10.2. The predicted octanol–water partition coefficient (Wildman–Crippen LogP) is 3.91. The minimum atomic E-state index is 0.733. The van der Waals surface area contributed by atoms with Gasteiger partial charge in [0.1, 0.15) is 0 Å². The molecule has 0 aliphatic carbocycles. The summed E-state index contributed by atoms with van der Waals surface area (Å²) in [6, 6.07) is 0.733. The average Bonchev–Trinajstić information content (AvgIpc) is 2.22. The van der Waals surface area contributed by atoms with Gasteiger partial charge in [0.05, 0.1) is 0 Å². The van der Waals surface area contributed by atoms with Crippen molar-refractivity contribution in [2.24, 2.45) is 0 Å². The molecule has 0 aromatic carbocycles. The van der Waals surface area contributed by atoms with Crippen LogP contribution >= 0.6 is 11.6 Å². The van der Waals surface area contributed by atoms with E-state index in [1.54, 1.807) is 0 Å². The maximum absolute atomic E-state index is 5.68. The maximum Gasteiger partial charge on any atom is 0.0223 e. The fourth-order valence-electron chi connectivity index (χ4n) is 1.58. The van der Waals surface area contributed by atoms with E-state index in [4.69, 9.17) is 11.6 Å². The molecule has 1 atom stereocenters. The van der Waals surface area contributed by atoms with E-state index in [9.17, 15) is 0 Å². The minimum absolute atomic E-state index is 0.733. The molecule has 0 amide bonds. The van der Waals surface area contributed by atoms with E-state index in [0.717, 1.165) is 18.3 Å². The van der Waals surface area contributed by atoms with Crippen LogP contribution in [0, 0.1) is 0 Å². The molecule has 0 aromatic rings. The van der Waals surface area contributed by atoms with Gasteiger partial charge in [-0.05, 0) is 45.7 Å². The Hall–Kier alpha value is 0.250. The average molecular weight is 220 g/mol. The summed E-state index contributed by atoms with van der Waals surface area (Å²) in [6.07, 6.45) is 6.27. The molecule has 1 unspecified atom stereocenters. The highest BCUT2D eigenvalue weighted by Gasteiger charge is 2.10. The van der Waals surface area contributed by atoms with E-state index in [1.165, 1.54) is 38.8 Å². The van der Waals surface area contributed by atoms with Crippen LogP contribution in [0.5, 0.6) is 0 Å². The number of hydrogen-bond acceptors (Lipinski definition) is 1. The van der Waals surface area contributed by atoms with E-state index in [1.807, 2.05) is 0 Å². The molecular formula is C12H26ClN. The van der Waals surface area contributed by atoms with Gasteiger partial charge in [0.15, 0.2) is 0 Å². The second-order valence-electron chi connectivity index (χ2n) is 4.04. The lowest BCUT2D eigenvalue weighted by Gasteiger charge is -2.28. The molecule has 0 spiro atoms. The molecule has 14 heavy (non-hydrogen) atoms. The number of unbranched alkanes of at least 4 members (excludes halogenated alkanes) is 2. The van der Waals surface area contributed by atoms with E-state index >= 15 is 0 Å². The van der Waals surface area contributed by atoms with Crippen LogP contribution in [0.3, 0.4) is 0 Å². The molecule has 0 aliphatic heterocycles. The third-order valence-electron chi connectivity index (χ3n) is 2.84. The van der Waals surface area contributed by atoms with Gasteiger partial charge in [0.2, 0.25) is 0 Å². The first-order chi connectivity index (χ1) is 6.76. The summed E-state index contributed by atoms with van der Waals surface area (Å²) in [6.45, 7) is 9.34. The van der Waals surface area contributed by atoms with E-state index in [2.05, 4.69) is 25.7 Å². The fourth-order valence-corrected chi connectivity index (χ4v) is 1.77. The normalized spacial score (nSPS) is 13.5. The van der Waals surface area contributed by atoms with Gasteiger partial charge in [-0.1, -0.05) is 20.3 Å². The largest absolute Gasteiger partial charge is 0.301 e. The zero-order valence-corrected chi connectivity index (χ0v) is 10.8. The Labute approximate surface area is 94.8 Å². The van der Waals surface area contributed by atoms with Crippen LogP contribution in [-0.4, -0.2) is 29.9 Å². The van der Waals surface area contributed by atoms with Crippen molar-refractivity contribution in [2.75, 3.05) is 19.0 Å². The molecule has 0 radical (unpaired) electrons. The second kappa shape index (κ2) is 9.79. The Bertz CT molecular complexity index is 117. The summed E-state index contributed by atoms with van der Waals surface area (Å²) >= 11 is 5.68. The third kappa shape index (κ3) is 6.67. The van der Waals surface area contributed by atoms with Gasteiger partial charge >= 0.3 is 0 Å². The van der Waals surface area contributed by atoms with Crippen LogP contribution in [0.15, 0.2) is 0 Å². The molecule has 0 heterocycles. The molecule has 0 saturated heterocycles. The van der Waals surface area contributed by atoms with Crippen molar-refractivity contribution in [3.05, 3.63) is 0 Å². The molecule has 2 heteroatoms. The van der Waals surface area contributed by atoms with Gasteiger partial charge in [-0.2, -0.15) is 0 Å². The Balaban J connectivity index is 3.72. The van der Waals surface area contributed by atoms with Crippen molar-refractivity contribution in [1.29, 1.82) is 0 Å². The van der Waals surface area contributed by atoms with Crippen LogP contribution in [-0.2, 0) is 0 Å². The summed E-state index contributed by atoms with van der Waals surface area (Å²) in [5.41, 5.74) is 0. The monoisotopic (exact) mass is 219 g/mol. The topological polar surface area (TPSA) is 3.24 Å². The highest BCUT2D eigenvalue weighted by molar-refractivity contribution is 6.17. The number of halogens is 1. The minimum Gasteiger partial charge on any atom is -0.301 e. The van der Waals surface area contributed by atoms with Crippen molar-refractivity contribution in [3.63, 3.8) is 0 Å². The molecule has 0 bridgehead atoms. The van der Waals surface area contributed by atoms with Crippen molar-refractivity contribution < 1.29 is 0 Å². The first-order valence-electron chi connectivity index (χ1n) is 6.06. The van der Waals surface area contributed by atoms with Crippen LogP contribution in [0.2, 0.25) is 0 Å². The number of hydrogen-bond donors (Lipinski definition) is 0. The summed E-state index contributed by atoms with van der Waals surface area (Å²) in [5, 5.41) is 0. The SMILES string of the molecule is CCCCN(CCCCCl)C(C)CC. The predicted molar refractivity (Wildman–Crippen MR) is 66.2 cm³/mol. The molecule has 0 saturated carbocycles. The first kappa shape index (κ1) is 14.2. The van der Waals surface area contributed by atoms with Crippen LogP contribution < -0.4 is 0 Å². The quantitative estimate of drug-likeness (QED) is 0.420. The van der Waals surface area contributed by atoms with Crippen molar-refractivity contribution in [3.8, 4) is 0 Å². The molecule has 0 fully saturated rings. The molecule has 1 nitrogen and oxygen atoms in total. The maximum atomic E-state index is 5.68. The molecule has 0 aliphatic rings. The fraction of sp³-hybridized carbons (Fsp3) is 1.00. The lowest BCUT2D eigenvalue weighted by molar-refractivity contribution is 0.198. The molecule has 0 N–H and O–H groups in total. The summed E-state index contributed by atoms with van der Waals surface area (Å²) in [5.74, 6) is 0.808. The van der Waals surface area contributed by atoms with Gasteiger partial charge in [0.25, 0.3) is 0 Å². The Morgan fingerprint density at radius 1 is 1.07 bits per heavy atom. The highest BCUT2D eigenvalue weighted by Crippen LogP contribution is 2.07. The summed E-state index contributed by atoms with van der Waals surface area (Å²) < 4.78 is 0. The second-order valence-corrected chi connectivity index (χ2v) is 4.42. The van der Waals surface area contributed by atoms with E-state index in [-0.39, 0.29) is 0 Å². The van der Waals surface area contributed by atoms with Gasteiger partial charge < -0.3 is 4.90 Å². The zero-order valence-electron chi connectivity index (χ0n) is 10.1. The van der Waals surface area contributed by atoms with Crippen LogP contribution in [0.1, 0.15) is 52.9 Å². The van der Waals surface area contributed by atoms with Gasteiger partial charge in [-0.25, -0.2) is 0 Å². The smallest absolute Gasteiger partial charge is 0.0223 e. The Morgan fingerprint density at radius 2 is 1.71 bits per heavy atom. The van der Waals surface area contributed by atoms with Crippen molar-refractivity contribution in [1.82, 2.24) is 4.90 Å². The molecule has 86 valence electrons. The standard InChI is InChI=1S/C12H26ClN/c1-4-6-10-14(12(3)5-2)11-8-7-9-13/h12H,4-11H2,1-3H3. The third-order valence-corrected chi connectivity index (χ3v) is 3.11. The summed E-state index contributed by atoms with van der Waals surface area (Å²) in [7, 11) is 0. The number of nitrogens with zero attached hydrogens (tertiary/aromatic N) is 1. The van der Waals surface area contributed by atoms with Crippen LogP contribution in [0.25, 0.3) is 0 Å². The van der Waals surface area contributed by atoms with E-state index < -0.39 is 0 Å². The Kier molecular flexibility index (Phi) is 9.97. The zero-order chi connectivity index (χ0) is 10.8. The summed E-state index contributed by atoms with van der Waals surface area (Å²) in [4.78, 5) is 2.61. The first-order valence-corrected chi connectivity index (χ1v) is 6.59. The molecule has 0 aromatic heterocycles. The number of rotatable bonds is 9. The molecular weight excluding hydrogens is 194 g/mol. The van der Waals surface area contributed by atoms with Crippen molar-refractivity contribution in [2.45, 2.75) is 58.9 Å².